The molecule has 1 aromatic heterocycles. The van der Waals surface area contributed by atoms with Crippen molar-refractivity contribution in [1.82, 2.24) is 14.5 Å². The molecule has 1 aliphatic heterocycles. The van der Waals surface area contributed by atoms with Crippen molar-refractivity contribution in [2.75, 3.05) is 40.5 Å². The molecule has 0 bridgehead atoms. The van der Waals surface area contributed by atoms with Gasteiger partial charge in [-0.2, -0.15) is 0 Å². The number of methoxy groups -OCH3 is 2. The summed E-state index contributed by atoms with van der Waals surface area (Å²) in [6, 6.07) is 14.5. The Morgan fingerprint density at radius 3 is 2.50 bits per heavy atom. The zero-order valence-electron chi connectivity index (χ0n) is 22.0. The molecule has 0 spiro atoms. The predicted molar refractivity (Wildman–Crippen MR) is 141 cm³/mol. The molecule has 4 rings (SSSR count). The first-order valence-electron chi connectivity index (χ1n) is 12.7. The Morgan fingerprint density at radius 2 is 1.78 bits per heavy atom. The van der Waals surface area contributed by atoms with Gasteiger partial charge < -0.3 is 23.5 Å². The van der Waals surface area contributed by atoms with Crippen LogP contribution in [0.4, 0.5) is 0 Å². The van der Waals surface area contributed by atoms with E-state index in [0.717, 1.165) is 68.5 Å². The van der Waals surface area contributed by atoms with Gasteiger partial charge in [0.2, 0.25) is 0 Å². The van der Waals surface area contributed by atoms with Crippen molar-refractivity contribution in [3.8, 4) is 17.2 Å². The van der Waals surface area contributed by atoms with Crippen LogP contribution in [0.5, 0.6) is 17.2 Å². The summed E-state index contributed by atoms with van der Waals surface area (Å²) in [5.74, 6) is 3.41. The molecule has 1 saturated heterocycles. The molecule has 0 N–H and O–H groups in total. The van der Waals surface area contributed by atoms with Gasteiger partial charge in [0.1, 0.15) is 30.4 Å². The first-order chi connectivity index (χ1) is 17.5. The van der Waals surface area contributed by atoms with Gasteiger partial charge in [-0.25, -0.2) is 4.98 Å². The minimum Gasteiger partial charge on any atom is -0.493 e. The van der Waals surface area contributed by atoms with Crippen LogP contribution in [0.2, 0.25) is 0 Å². The smallest absolute Gasteiger partial charge is 0.161 e. The van der Waals surface area contributed by atoms with E-state index in [0.29, 0.717) is 13.2 Å². The first kappa shape index (κ1) is 26.0. The Morgan fingerprint density at radius 1 is 0.944 bits per heavy atom. The van der Waals surface area contributed by atoms with Crippen molar-refractivity contribution in [2.45, 2.75) is 51.8 Å². The second kappa shape index (κ2) is 12.3. The average molecular weight is 494 g/mol. The molecule has 0 radical (unpaired) electrons. The minimum absolute atomic E-state index is 0.261. The maximum Gasteiger partial charge on any atom is 0.161 e. The van der Waals surface area contributed by atoms with Crippen molar-refractivity contribution in [3.05, 3.63) is 71.8 Å². The molecule has 36 heavy (non-hydrogen) atoms. The van der Waals surface area contributed by atoms with Gasteiger partial charge in [0.25, 0.3) is 0 Å². The lowest BCUT2D eigenvalue weighted by molar-refractivity contribution is -0.0541. The third kappa shape index (κ3) is 6.80. The molecule has 0 saturated carbocycles. The zero-order chi connectivity index (χ0) is 25.4. The van der Waals surface area contributed by atoms with E-state index in [4.69, 9.17) is 18.9 Å². The Kier molecular flexibility index (Phi) is 8.88. The van der Waals surface area contributed by atoms with E-state index in [9.17, 15) is 0 Å². The van der Waals surface area contributed by atoms with E-state index in [2.05, 4.69) is 45.6 Å². The second-order valence-corrected chi connectivity index (χ2v) is 9.62. The van der Waals surface area contributed by atoms with E-state index in [1.54, 1.807) is 13.3 Å². The maximum atomic E-state index is 6.13. The van der Waals surface area contributed by atoms with Crippen molar-refractivity contribution < 1.29 is 18.9 Å². The van der Waals surface area contributed by atoms with Crippen LogP contribution in [0.15, 0.2) is 54.9 Å². The van der Waals surface area contributed by atoms with E-state index >= 15 is 0 Å². The Hall–Kier alpha value is -3.03. The van der Waals surface area contributed by atoms with E-state index in [1.165, 1.54) is 11.1 Å². The highest BCUT2D eigenvalue weighted by molar-refractivity contribution is 5.43. The normalized spacial score (nSPS) is 18.6. The molecule has 2 aromatic carbocycles. The molecule has 7 heteroatoms. The molecule has 1 aliphatic rings. The number of aryl methyl sites for hydroxylation is 2. The molecular weight excluding hydrogens is 454 g/mol. The van der Waals surface area contributed by atoms with Crippen LogP contribution in [-0.4, -0.2) is 60.6 Å². The molecule has 1 atom stereocenters. The van der Waals surface area contributed by atoms with Crippen molar-refractivity contribution >= 4 is 0 Å². The summed E-state index contributed by atoms with van der Waals surface area (Å²) in [7, 11) is 3.50. The summed E-state index contributed by atoms with van der Waals surface area (Å²) < 4.78 is 25.9. The van der Waals surface area contributed by atoms with Gasteiger partial charge >= 0.3 is 0 Å². The second-order valence-electron chi connectivity index (χ2n) is 9.62. The van der Waals surface area contributed by atoms with Gasteiger partial charge in [0.05, 0.1) is 13.7 Å². The lowest BCUT2D eigenvalue weighted by Crippen LogP contribution is -2.39. The van der Waals surface area contributed by atoms with Crippen LogP contribution in [0.25, 0.3) is 0 Å². The van der Waals surface area contributed by atoms with Gasteiger partial charge in [-0.05, 0) is 69.5 Å². The van der Waals surface area contributed by atoms with Crippen molar-refractivity contribution in [1.29, 1.82) is 0 Å². The van der Waals surface area contributed by atoms with Gasteiger partial charge in [-0.3, -0.25) is 4.90 Å². The number of benzene rings is 2. The fourth-order valence-electron chi connectivity index (χ4n) is 4.72. The fourth-order valence-corrected chi connectivity index (χ4v) is 4.72. The minimum atomic E-state index is -0.261. The quantitative estimate of drug-likeness (QED) is 0.373. The summed E-state index contributed by atoms with van der Waals surface area (Å²) in [6.07, 6.45) is 6.76. The van der Waals surface area contributed by atoms with Crippen LogP contribution in [-0.2, 0) is 17.8 Å². The zero-order valence-corrected chi connectivity index (χ0v) is 22.0. The summed E-state index contributed by atoms with van der Waals surface area (Å²) in [5, 5.41) is 0. The molecule has 7 nitrogen and oxygen atoms in total. The van der Waals surface area contributed by atoms with Crippen LogP contribution in [0.1, 0.15) is 36.2 Å². The van der Waals surface area contributed by atoms with E-state index < -0.39 is 0 Å². The molecule has 0 unspecified atom stereocenters. The van der Waals surface area contributed by atoms with E-state index in [-0.39, 0.29) is 5.60 Å². The number of ether oxygens (including phenoxy) is 4. The fraction of sp³-hybridized carbons (Fsp3) is 0.483. The lowest BCUT2D eigenvalue weighted by atomic mass is 9.95. The number of likely N-dealkylation sites (tertiary alicyclic amines) is 1. The summed E-state index contributed by atoms with van der Waals surface area (Å²) in [5.41, 5.74) is 2.18. The van der Waals surface area contributed by atoms with E-state index in [1.807, 2.05) is 38.4 Å². The third-order valence-electron chi connectivity index (χ3n) is 7.09. The van der Waals surface area contributed by atoms with Gasteiger partial charge in [0, 0.05) is 32.6 Å². The SMILES string of the molecule is COc1cc(CN2CCC[C@@](COc3ccc(C)cc3)(OC)CC2)ccc1OCCn1ccnc1C. The highest BCUT2D eigenvalue weighted by atomic mass is 16.5. The maximum absolute atomic E-state index is 6.13. The highest BCUT2D eigenvalue weighted by Gasteiger charge is 2.33. The van der Waals surface area contributed by atoms with Crippen LogP contribution in [0.3, 0.4) is 0 Å². The summed E-state index contributed by atoms with van der Waals surface area (Å²) >= 11 is 0. The van der Waals surface area contributed by atoms with Gasteiger partial charge in [-0.15, -0.1) is 0 Å². The first-order valence-corrected chi connectivity index (χ1v) is 12.7. The summed E-state index contributed by atoms with van der Waals surface area (Å²) in [6.45, 7) is 8.80. The molecule has 0 aliphatic carbocycles. The molecule has 0 amide bonds. The lowest BCUT2D eigenvalue weighted by Gasteiger charge is -2.31. The Labute approximate surface area is 215 Å². The number of aromatic nitrogens is 2. The molecule has 194 valence electrons. The van der Waals surface area contributed by atoms with Crippen LogP contribution in [0, 0.1) is 13.8 Å². The molecular formula is C29H39N3O4. The number of hydrogen-bond donors (Lipinski definition) is 0. The number of imidazole rings is 1. The third-order valence-corrected chi connectivity index (χ3v) is 7.09. The molecule has 3 aromatic rings. The Bertz CT molecular complexity index is 1100. The molecule has 2 heterocycles. The topological polar surface area (TPSA) is 58.0 Å². The van der Waals surface area contributed by atoms with Crippen molar-refractivity contribution in [3.63, 3.8) is 0 Å². The van der Waals surface area contributed by atoms with Crippen LogP contribution < -0.4 is 14.2 Å². The number of nitrogens with zero attached hydrogens (tertiary/aromatic N) is 3. The van der Waals surface area contributed by atoms with Gasteiger partial charge in [0.15, 0.2) is 11.5 Å². The largest absolute Gasteiger partial charge is 0.493 e. The number of rotatable bonds is 11. The predicted octanol–water partition coefficient (Wildman–Crippen LogP) is 5.04. The number of hydrogen-bond acceptors (Lipinski definition) is 6. The van der Waals surface area contributed by atoms with Crippen LogP contribution >= 0.6 is 0 Å². The summed E-state index contributed by atoms with van der Waals surface area (Å²) in [4.78, 5) is 6.74. The van der Waals surface area contributed by atoms with Gasteiger partial charge in [-0.1, -0.05) is 23.8 Å². The highest BCUT2D eigenvalue weighted by Crippen LogP contribution is 2.31. The van der Waals surface area contributed by atoms with Crippen molar-refractivity contribution in [2.24, 2.45) is 0 Å². The Balaban J connectivity index is 1.31. The monoisotopic (exact) mass is 493 g/mol. The standard InChI is InChI=1S/C29H39N3O4/c1-23-6-9-26(10-7-23)36-22-29(34-4)12-5-15-31(16-13-29)21-25-8-11-27(28(20-25)33-3)35-19-18-32-17-14-30-24(32)2/h6-11,14,17,20H,5,12-13,15-16,18-19,21-22H2,1-4H3/t29-/m1/s1. The molecule has 1 fully saturated rings. The average Bonchev–Trinajstić information content (AvgIpc) is 3.19.